The highest BCUT2D eigenvalue weighted by Gasteiger charge is 2.27. The summed E-state index contributed by atoms with van der Waals surface area (Å²) in [5.41, 5.74) is 2.31. The lowest BCUT2D eigenvalue weighted by atomic mass is 10.0. The van der Waals surface area contributed by atoms with Crippen LogP contribution in [0.15, 0.2) is 78.9 Å². The molecular formula is C38H52N6O6S. The number of nitrogens with one attached hydrogen (secondary N) is 4. The third-order valence-corrected chi connectivity index (χ3v) is 9.70. The predicted octanol–water partition coefficient (Wildman–Crippen LogP) is 3.34. The zero-order valence-electron chi connectivity index (χ0n) is 30.6. The fourth-order valence-electron chi connectivity index (χ4n) is 5.40. The maximum atomic E-state index is 14.0. The fourth-order valence-corrected chi connectivity index (χ4v) is 5.89. The molecule has 0 spiro atoms. The standard InChI is InChI=1S/C38H52N6O6S/c1-8-39-37(47)34(26(3)4)42-35(45)27(5)40-24-32(20-28-16-12-10-13-17-28)41-36(46)30-21-31(23-33(22-30)43(6)51(7,49)50)38(48)44(9-2)25-29-18-14-11-15-19-29/h10-19,21-23,26-27,32,34,40H,8-9,20,24-25H2,1-7H3,(H,39,47)(H,41,46)(H,42,45)/t27-,32-,34-/m0/s1. The Morgan fingerprint density at radius 1 is 0.784 bits per heavy atom. The number of likely N-dealkylation sites (N-methyl/N-ethyl adjacent to an activating group) is 1. The van der Waals surface area contributed by atoms with Gasteiger partial charge in [-0.25, -0.2) is 8.42 Å². The van der Waals surface area contributed by atoms with E-state index >= 15 is 0 Å². The van der Waals surface area contributed by atoms with Crippen molar-refractivity contribution in [2.75, 3.05) is 37.2 Å². The van der Waals surface area contributed by atoms with E-state index in [-0.39, 0.29) is 47.0 Å². The van der Waals surface area contributed by atoms with E-state index in [1.165, 1.54) is 25.2 Å². The van der Waals surface area contributed by atoms with Crippen molar-refractivity contribution in [2.24, 2.45) is 5.92 Å². The van der Waals surface area contributed by atoms with Crippen LogP contribution in [0, 0.1) is 5.92 Å². The number of anilines is 1. The SMILES string of the molecule is CCNC(=O)[C@@H](NC(=O)[C@H](C)NC[C@H](Cc1ccccc1)NC(=O)c1cc(C(=O)N(CC)Cc2ccccc2)cc(N(C)S(C)(=O)=O)c1)C(C)C. The molecule has 0 saturated heterocycles. The van der Waals surface area contributed by atoms with E-state index in [1.807, 2.05) is 88.4 Å². The summed E-state index contributed by atoms with van der Waals surface area (Å²) in [7, 11) is -2.36. The third-order valence-electron chi connectivity index (χ3n) is 8.49. The Hall–Kier alpha value is -4.75. The zero-order valence-corrected chi connectivity index (χ0v) is 31.4. The molecule has 276 valence electrons. The summed E-state index contributed by atoms with van der Waals surface area (Å²) < 4.78 is 26.1. The van der Waals surface area contributed by atoms with Crippen LogP contribution in [-0.4, -0.2) is 88.0 Å². The van der Waals surface area contributed by atoms with Crippen molar-refractivity contribution in [2.45, 2.75) is 65.7 Å². The van der Waals surface area contributed by atoms with Gasteiger partial charge in [0.05, 0.1) is 18.0 Å². The summed E-state index contributed by atoms with van der Waals surface area (Å²) in [5.74, 6) is -1.62. The molecule has 0 heterocycles. The number of carbonyl (C=O) groups is 4. The van der Waals surface area contributed by atoms with Gasteiger partial charge in [-0.1, -0.05) is 74.5 Å². The van der Waals surface area contributed by atoms with Gasteiger partial charge in [0.15, 0.2) is 0 Å². The molecule has 12 nitrogen and oxygen atoms in total. The molecule has 3 aromatic rings. The number of amides is 4. The number of sulfonamides is 1. The van der Waals surface area contributed by atoms with E-state index in [9.17, 15) is 27.6 Å². The second kappa shape index (κ2) is 19.0. The normalized spacial score (nSPS) is 13.1. The lowest BCUT2D eigenvalue weighted by Gasteiger charge is -2.26. The average Bonchev–Trinajstić information content (AvgIpc) is 3.11. The average molecular weight is 721 g/mol. The number of hydrogen-bond donors (Lipinski definition) is 4. The molecule has 0 aromatic heterocycles. The van der Waals surface area contributed by atoms with Crippen molar-refractivity contribution in [1.29, 1.82) is 0 Å². The van der Waals surface area contributed by atoms with Crippen molar-refractivity contribution in [1.82, 2.24) is 26.2 Å². The molecule has 3 rings (SSSR count). The van der Waals surface area contributed by atoms with E-state index < -0.39 is 34.1 Å². The van der Waals surface area contributed by atoms with Gasteiger partial charge in [-0.15, -0.1) is 0 Å². The summed E-state index contributed by atoms with van der Waals surface area (Å²) in [6.07, 6.45) is 1.46. The van der Waals surface area contributed by atoms with Gasteiger partial charge in [0, 0.05) is 50.4 Å². The Bertz CT molecular complexity index is 1740. The Kier molecular flexibility index (Phi) is 15.2. The molecule has 0 saturated carbocycles. The third kappa shape index (κ3) is 12.2. The van der Waals surface area contributed by atoms with E-state index in [0.29, 0.717) is 26.1 Å². The molecule has 0 fully saturated rings. The van der Waals surface area contributed by atoms with Gasteiger partial charge >= 0.3 is 0 Å². The van der Waals surface area contributed by atoms with Gasteiger partial charge in [0.1, 0.15) is 6.04 Å². The maximum absolute atomic E-state index is 14.0. The van der Waals surface area contributed by atoms with Crippen LogP contribution < -0.4 is 25.6 Å². The van der Waals surface area contributed by atoms with Crippen molar-refractivity contribution in [3.8, 4) is 0 Å². The first-order valence-electron chi connectivity index (χ1n) is 17.2. The van der Waals surface area contributed by atoms with Crippen molar-refractivity contribution in [3.63, 3.8) is 0 Å². The van der Waals surface area contributed by atoms with Gasteiger partial charge in [-0.3, -0.25) is 23.5 Å². The number of benzene rings is 3. The molecule has 0 aliphatic carbocycles. The van der Waals surface area contributed by atoms with Crippen molar-refractivity contribution in [3.05, 3.63) is 101 Å². The maximum Gasteiger partial charge on any atom is 0.254 e. The van der Waals surface area contributed by atoms with E-state index in [1.54, 1.807) is 11.8 Å². The molecule has 4 amide bonds. The van der Waals surface area contributed by atoms with Gasteiger partial charge in [-0.05, 0) is 62.4 Å². The largest absolute Gasteiger partial charge is 0.355 e. The summed E-state index contributed by atoms with van der Waals surface area (Å²) in [4.78, 5) is 55.1. The summed E-state index contributed by atoms with van der Waals surface area (Å²) in [5, 5.41) is 11.8. The molecular weight excluding hydrogens is 669 g/mol. The van der Waals surface area contributed by atoms with Crippen LogP contribution >= 0.6 is 0 Å². The minimum atomic E-state index is -3.72. The first-order valence-corrected chi connectivity index (χ1v) is 19.1. The van der Waals surface area contributed by atoms with Crippen molar-refractivity contribution >= 4 is 39.3 Å². The van der Waals surface area contributed by atoms with Gasteiger partial charge in [-0.2, -0.15) is 0 Å². The van der Waals surface area contributed by atoms with Gasteiger partial charge in [0.2, 0.25) is 21.8 Å². The zero-order chi connectivity index (χ0) is 37.7. The second-order valence-electron chi connectivity index (χ2n) is 12.9. The summed E-state index contributed by atoms with van der Waals surface area (Å²) in [6.45, 7) is 10.4. The van der Waals surface area contributed by atoms with Crippen LogP contribution in [0.3, 0.4) is 0 Å². The van der Waals surface area contributed by atoms with Gasteiger partial charge in [0.25, 0.3) is 11.8 Å². The van der Waals surface area contributed by atoms with E-state index in [2.05, 4.69) is 21.3 Å². The van der Waals surface area contributed by atoms with Crippen LogP contribution in [-0.2, 0) is 32.6 Å². The Balaban J connectivity index is 1.89. The summed E-state index contributed by atoms with van der Waals surface area (Å²) in [6, 6.07) is 21.5. The minimum Gasteiger partial charge on any atom is -0.355 e. The van der Waals surface area contributed by atoms with E-state index in [4.69, 9.17) is 0 Å². The number of hydrogen-bond acceptors (Lipinski definition) is 7. The Morgan fingerprint density at radius 3 is 1.92 bits per heavy atom. The van der Waals surface area contributed by atoms with Gasteiger partial charge < -0.3 is 26.2 Å². The number of nitrogens with zero attached hydrogens (tertiary/aromatic N) is 2. The molecule has 0 bridgehead atoms. The molecule has 3 atom stereocenters. The predicted molar refractivity (Wildman–Crippen MR) is 201 cm³/mol. The fraction of sp³-hybridized carbons (Fsp3) is 0.421. The highest BCUT2D eigenvalue weighted by atomic mass is 32.2. The molecule has 13 heteroatoms. The lowest BCUT2D eigenvalue weighted by Crippen LogP contribution is -2.55. The topological polar surface area (TPSA) is 157 Å². The molecule has 0 unspecified atom stereocenters. The Morgan fingerprint density at radius 2 is 1.37 bits per heavy atom. The van der Waals surface area contributed by atoms with Crippen LogP contribution in [0.1, 0.15) is 66.5 Å². The van der Waals surface area contributed by atoms with Crippen LogP contribution in [0.2, 0.25) is 0 Å². The van der Waals surface area contributed by atoms with Crippen LogP contribution in [0.4, 0.5) is 5.69 Å². The smallest absolute Gasteiger partial charge is 0.254 e. The monoisotopic (exact) mass is 720 g/mol. The first-order chi connectivity index (χ1) is 24.1. The molecule has 3 aromatic carbocycles. The van der Waals surface area contributed by atoms with Crippen LogP contribution in [0.5, 0.6) is 0 Å². The van der Waals surface area contributed by atoms with E-state index in [0.717, 1.165) is 21.7 Å². The number of rotatable bonds is 18. The Labute approximate surface area is 302 Å². The number of carbonyl (C=O) groups excluding carboxylic acids is 4. The molecule has 4 N–H and O–H groups in total. The van der Waals surface area contributed by atoms with Crippen molar-refractivity contribution < 1.29 is 27.6 Å². The molecule has 0 aliphatic rings. The lowest BCUT2D eigenvalue weighted by molar-refractivity contribution is -0.130. The highest BCUT2D eigenvalue weighted by molar-refractivity contribution is 7.92. The minimum absolute atomic E-state index is 0.104. The second-order valence-corrected chi connectivity index (χ2v) is 14.9. The molecule has 51 heavy (non-hydrogen) atoms. The van der Waals surface area contributed by atoms with Crippen LogP contribution in [0.25, 0.3) is 0 Å². The quantitative estimate of drug-likeness (QED) is 0.157. The highest BCUT2D eigenvalue weighted by Crippen LogP contribution is 2.23. The summed E-state index contributed by atoms with van der Waals surface area (Å²) >= 11 is 0. The molecule has 0 radical (unpaired) electrons. The first kappa shape index (κ1) is 40.7. The molecule has 0 aliphatic heterocycles.